The third-order valence-corrected chi connectivity index (χ3v) is 7.89. The number of hydrogen-bond acceptors (Lipinski definition) is 3. The van der Waals surface area contributed by atoms with Gasteiger partial charge in [-0.1, -0.05) is 30.3 Å². The van der Waals surface area contributed by atoms with Gasteiger partial charge >= 0.3 is 12.4 Å². The van der Waals surface area contributed by atoms with Gasteiger partial charge in [-0.2, -0.15) is 26.3 Å². The van der Waals surface area contributed by atoms with Crippen molar-refractivity contribution in [3.63, 3.8) is 0 Å². The maximum Gasteiger partial charge on any atom is 0.416 e. The van der Waals surface area contributed by atoms with Crippen LogP contribution in [0.3, 0.4) is 0 Å². The van der Waals surface area contributed by atoms with Gasteiger partial charge in [0, 0.05) is 19.1 Å². The number of nitrogens with one attached hydrogen (secondary N) is 1. The Morgan fingerprint density at radius 1 is 0.949 bits per heavy atom. The molecule has 212 valence electrons. The zero-order chi connectivity index (χ0) is 28.6. The van der Waals surface area contributed by atoms with E-state index in [4.69, 9.17) is 0 Å². The molecule has 1 heterocycles. The highest BCUT2D eigenvalue weighted by atomic mass is 19.4. The number of nitrogens with zero attached hydrogens (tertiary/aromatic N) is 2. The van der Waals surface area contributed by atoms with Gasteiger partial charge in [0.15, 0.2) is 0 Å². The number of hydrogen-bond donors (Lipinski definition) is 1. The molecule has 2 aliphatic rings. The van der Waals surface area contributed by atoms with E-state index in [2.05, 4.69) is 5.32 Å². The number of halogens is 6. The Hall–Kier alpha value is -3.08. The molecule has 1 saturated carbocycles. The van der Waals surface area contributed by atoms with Crippen molar-refractivity contribution in [2.75, 3.05) is 26.7 Å². The van der Waals surface area contributed by atoms with Gasteiger partial charge in [-0.3, -0.25) is 14.5 Å². The molecule has 2 aromatic rings. The summed E-state index contributed by atoms with van der Waals surface area (Å²) in [5.41, 5.74) is -3.35. The summed E-state index contributed by atoms with van der Waals surface area (Å²) < 4.78 is 80.4. The third-order valence-electron chi connectivity index (χ3n) is 7.89. The molecule has 1 atom stereocenters. The van der Waals surface area contributed by atoms with Crippen LogP contribution in [0.5, 0.6) is 0 Å². The Morgan fingerprint density at radius 3 is 2.03 bits per heavy atom. The number of carbonyl (C=O) groups excluding carboxylic acids is 2. The molecule has 2 amide bonds. The number of likely N-dealkylation sites (N-methyl/N-ethyl adjacent to an activating group) is 1. The van der Waals surface area contributed by atoms with Gasteiger partial charge in [0.1, 0.15) is 0 Å². The lowest BCUT2D eigenvalue weighted by atomic mass is 9.74. The molecule has 1 N–H and O–H groups in total. The van der Waals surface area contributed by atoms with Crippen molar-refractivity contribution in [3.05, 3.63) is 70.8 Å². The molecular weight excluding hydrogens is 524 g/mol. The Labute approximate surface area is 223 Å². The molecule has 0 bridgehead atoms. The summed E-state index contributed by atoms with van der Waals surface area (Å²) in [5, 5.41) is 2.99. The first-order chi connectivity index (χ1) is 18.2. The van der Waals surface area contributed by atoms with E-state index in [9.17, 15) is 35.9 Å². The van der Waals surface area contributed by atoms with Crippen molar-refractivity contribution in [2.24, 2.45) is 0 Å². The topological polar surface area (TPSA) is 52.7 Å². The number of piperazine rings is 1. The van der Waals surface area contributed by atoms with E-state index in [1.54, 1.807) is 0 Å². The van der Waals surface area contributed by atoms with E-state index >= 15 is 0 Å². The van der Waals surface area contributed by atoms with Crippen molar-refractivity contribution in [1.29, 1.82) is 0 Å². The average molecular weight is 556 g/mol. The Morgan fingerprint density at radius 2 is 1.51 bits per heavy atom. The lowest BCUT2D eigenvalue weighted by Crippen LogP contribution is -2.56. The van der Waals surface area contributed by atoms with Crippen LogP contribution in [0.25, 0.3) is 0 Å². The molecule has 39 heavy (non-hydrogen) atoms. The summed E-state index contributed by atoms with van der Waals surface area (Å²) >= 11 is 0. The summed E-state index contributed by atoms with van der Waals surface area (Å²) in [6, 6.07) is 10.4. The highest BCUT2D eigenvalue weighted by molar-refractivity contribution is 5.84. The Balaban J connectivity index is 1.59. The fourth-order valence-corrected chi connectivity index (χ4v) is 5.56. The van der Waals surface area contributed by atoms with Crippen molar-refractivity contribution in [3.8, 4) is 0 Å². The molecule has 0 spiro atoms. The molecule has 2 aromatic carbocycles. The molecule has 5 nitrogen and oxygen atoms in total. The minimum atomic E-state index is -5.00. The standard InChI is InChI=1S/C28H31F6N3O2/c1-18(19-14-21(27(29,30)31)16-22(15-19)28(32,33)34)25(39)35-26(20-6-4-3-5-7-20)10-8-23(9-11-26)37-13-12-36(2)17-24(37)38/h3-7,14-16,18,23H,8-13,17H2,1-2H3,(H,35,39)/t18?,23-,26-. The van der Waals surface area contributed by atoms with E-state index in [0.717, 1.165) is 12.1 Å². The van der Waals surface area contributed by atoms with Crippen LogP contribution in [0, 0.1) is 0 Å². The Bertz CT molecular complexity index is 1160. The van der Waals surface area contributed by atoms with E-state index < -0.39 is 40.8 Å². The van der Waals surface area contributed by atoms with Crippen LogP contribution in [0.4, 0.5) is 26.3 Å². The second kappa shape index (κ2) is 10.8. The van der Waals surface area contributed by atoms with Gasteiger partial charge in [0.2, 0.25) is 11.8 Å². The van der Waals surface area contributed by atoms with Gasteiger partial charge in [0.25, 0.3) is 0 Å². The van der Waals surface area contributed by atoms with E-state index in [1.807, 2.05) is 47.2 Å². The number of benzene rings is 2. The SMILES string of the molecule is CC(C(=O)N[C@]1(c2ccccc2)CC[C@@H](N2CCN(C)CC2=O)CC1)c1cc(C(F)(F)F)cc(C(F)(F)F)c1. The molecule has 0 aromatic heterocycles. The fraction of sp³-hybridized carbons (Fsp3) is 0.500. The molecule has 4 rings (SSSR count). The largest absolute Gasteiger partial charge is 0.416 e. The smallest absolute Gasteiger partial charge is 0.346 e. The molecule has 0 radical (unpaired) electrons. The van der Waals surface area contributed by atoms with Crippen LogP contribution in [-0.4, -0.2) is 54.3 Å². The van der Waals surface area contributed by atoms with Crippen molar-refractivity contribution < 1.29 is 35.9 Å². The monoisotopic (exact) mass is 555 g/mol. The first kappa shape index (κ1) is 28.9. The van der Waals surface area contributed by atoms with Gasteiger partial charge in [-0.25, -0.2) is 0 Å². The lowest BCUT2D eigenvalue weighted by molar-refractivity contribution is -0.143. The van der Waals surface area contributed by atoms with E-state index in [-0.39, 0.29) is 23.6 Å². The lowest BCUT2D eigenvalue weighted by Gasteiger charge is -2.46. The zero-order valence-electron chi connectivity index (χ0n) is 21.7. The molecule has 1 aliphatic heterocycles. The summed E-state index contributed by atoms with van der Waals surface area (Å²) in [7, 11) is 1.88. The van der Waals surface area contributed by atoms with Gasteiger partial charge in [-0.05, 0) is 69.0 Å². The number of rotatable bonds is 5. The van der Waals surface area contributed by atoms with Gasteiger partial charge in [-0.15, -0.1) is 0 Å². The first-order valence-electron chi connectivity index (χ1n) is 12.8. The van der Waals surface area contributed by atoms with E-state index in [0.29, 0.717) is 50.9 Å². The molecular formula is C28H31F6N3O2. The minimum absolute atomic E-state index is 0.00447. The third kappa shape index (κ3) is 6.40. The van der Waals surface area contributed by atoms with Crippen molar-refractivity contribution in [2.45, 2.75) is 62.5 Å². The first-order valence-corrected chi connectivity index (χ1v) is 12.8. The molecule has 1 aliphatic carbocycles. The van der Waals surface area contributed by atoms with Gasteiger partial charge < -0.3 is 10.2 Å². The molecule has 11 heteroatoms. The summed E-state index contributed by atoms with van der Waals surface area (Å²) in [6.45, 7) is 3.01. The number of amides is 2. The molecule has 2 fully saturated rings. The Kier molecular flexibility index (Phi) is 8.03. The van der Waals surface area contributed by atoms with Crippen LogP contribution >= 0.6 is 0 Å². The highest BCUT2D eigenvalue weighted by Gasteiger charge is 2.43. The number of carbonyl (C=O) groups is 2. The quantitative estimate of drug-likeness (QED) is 0.492. The second-order valence-electron chi connectivity index (χ2n) is 10.6. The van der Waals surface area contributed by atoms with Crippen molar-refractivity contribution in [1.82, 2.24) is 15.1 Å². The summed E-state index contributed by atoms with van der Waals surface area (Å²) in [4.78, 5) is 29.9. The van der Waals surface area contributed by atoms with Crippen molar-refractivity contribution >= 4 is 11.8 Å². The predicted molar refractivity (Wildman–Crippen MR) is 133 cm³/mol. The predicted octanol–water partition coefficient (Wildman–Crippen LogP) is 5.56. The van der Waals surface area contributed by atoms with Crippen LogP contribution in [0.1, 0.15) is 60.8 Å². The average Bonchev–Trinajstić information content (AvgIpc) is 2.88. The van der Waals surface area contributed by atoms with Crippen LogP contribution < -0.4 is 5.32 Å². The maximum absolute atomic E-state index is 13.4. The molecule has 1 saturated heterocycles. The maximum atomic E-state index is 13.4. The normalized spacial score (nSPS) is 23.9. The van der Waals surface area contributed by atoms with Gasteiger partial charge in [0.05, 0.1) is 29.1 Å². The molecule has 1 unspecified atom stereocenters. The minimum Gasteiger partial charge on any atom is -0.346 e. The highest BCUT2D eigenvalue weighted by Crippen LogP contribution is 2.41. The van der Waals surface area contributed by atoms with Crippen LogP contribution in [0.15, 0.2) is 48.5 Å². The zero-order valence-corrected chi connectivity index (χ0v) is 21.7. The van der Waals surface area contributed by atoms with Crippen LogP contribution in [0.2, 0.25) is 0 Å². The fourth-order valence-electron chi connectivity index (χ4n) is 5.56. The van der Waals surface area contributed by atoms with Crippen LogP contribution in [-0.2, 0) is 27.5 Å². The summed E-state index contributed by atoms with van der Waals surface area (Å²) in [6.07, 6.45) is -7.87. The number of alkyl halides is 6. The second-order valence-corrected chi connectivity index (χ2v) is 10.6. The summed E-state index contributed by atoms with van der Waals surface area (Å²) in [5.74, 6) is -1.89. The van der Waals surface area contributed by atoms with E-state index in [1.165, 1.54) is 6.92 Å².